The summed E-state index contributed by atoms with van der Waals surface area (Å²) in [4.78, 5) is 13.6. The number of aromatic hydroxyl groups is 1. The van der Waals surface area contributed by atoms with Gasteiger partial charge in [-0.25, -0.2) is 4.39 Å². The predicted molar refractivity (Wildman–Crippen MR) is 61.1 cm³/mol. The van der Waals surface area contributed by atoms with Gasteiger partial charge in [0.2, 0.25) is 0 Å². The summed E-state index contributed by atoms with van der Waals surface area (Å²) in [6.45, 7) is 1.72. The first-order valence-corrected chi connectivity index (χ1v) is 5.59. The second-order valence-electron chi connectivity index (χ2n) is 4.30. The molecule has 1 heterocycles. The van der Waals surface area contributed by atoms with E-state index in [4.69, 9.17) is 5.73 Å². The van der Waals surface area contributed by atoms with Crippen molar-refractivity contribution in [2.45, 2.75) is 6.42 Å². The summed E-state index contributed by atoms with van der Waals surface area (Å²) >= 11 is 0. The van der Waals surface area contributed by atoms with Crippen LogP contribution >= 0.6 is 0 Å². The molecule has 1 fully saturated rings. The molecule has 3 N–H and O–H groups in total. The van der Waals surface area contributed by atoms with Crippen molar-refractivity contribution in [1.29, 1.82) is 0 Å². The van der Waals surface area contributed by atoms with Gasteiger partial charge >= 0.3 is 0 Å². The molecular formula is C12H15FN2O2. The average molecular weight is 238 g/mol. The number of rotatable bonds is 2. The number of carbonyl (C=O) groups excluding carboxylic acids is 1. The van der Waals surface area contributed by atoms with Gasteiger partial charge in [-0.1, -0.05) is 0 Å². The van der Waals surface area contributed by atoms with E-state index in [9.17, 15) is 14.3 Å². The molecule has 1 amide bonds. The lowest BCUT2D eigenvalue weighted by molar-refractivity contribution is 0.0784. The van der Waals surface area contributed by atoms with Crippen molar-refractivity contribution in [3.63, 3.8) is 0 Å². The quantitative estimate of drug-likeness (QED) is 0.806. The number of nitrogens with two attached hydrogens (primary N) is 1. The Morgan fingerprint density at radius 2 is 2.35 bits per heavy atom. The average Bonchev–Trinajstić information content (AvgIpc) is 2.80. The fraction of sp³-hybridized carbons (Fsp3) is 0.417. The Labute approximate surface area is 98.8 Å². The van der Waals surface area contributed by atoms with E-state index in [1.807, 2.05) is 0 Å². The first kappa shape index (κ1) is 11.9. The van der Waals surface area contributed by atoms with Gasteiger partial charge < -0.3 is 15.7 Å². The highest BCUT2D eigenvalue weighted by molar-refractivity contribution is 5.97. The van der Waals surface area contributed by atoms with Crippen LogP contribution in [0.2, 0.25) is 0 Å². The molecular weight excluding hydrogens is 223 g/mol. The minimum absolute atomic E-state index is 0.0164. The Hall–Kier alpha value is -1.62. The number of hydrogen-bond acceptors (Lipinski definition) is 3. The third-order valence-electron chi connectivity index (χ3n) is 3.10. The van der Waals surface area contributed by atoms with Crippen LogP contribution in [-0.4, -0.2) is 35.5 Å². The third kappa shape index (κ3) is 2.39. The van der Waals surface area contributed by atoms with Crippen LogP contribution in [0.5, 0.6) is 5.75 Å². The second-order valence-corrected chi connectivity index (χ2v) is 4.30. The van der Waals surface area contributed by atoms with Gasteiger partial charge in [-0.15, -0.1) is 0 Å². The number of halogens is 1. The zero-order valence-electron chi connectivity index (χ0n) is 9.40. The first-order valence-electron chi connectivity index (χ1n) is 5.59. The zero-order chi connectivity index (χ0) is 12.4. The van der Waals surface area contributed by atoms with Crippen LogP contribution in [0.1, 0.15) is 16.8 Å². The standard InChI is InChI=1S/C12H15FN2O2/c13-9-1-2-11(16)10(5-9)12(17)15-4-3-8(6-14)7-15/h1-2,5,8,16H,3-4,6-7,14H2. The lowest BCUT2D eigenvalue weighted by Gasteiger charge is -2.16. The van der Waals surface area contributed by atoms with E-state index < -0.39 is 5.82 Å². The monoisotopic (exact) mass is 238 g/mol. The lowest BCUT2D eigenvalue weighted by atomic mass is 10.1. The number of amides is 1. The SMILES string of the molecule is NCC1CCN(C(=O)c2cc(F)ccc2O)C1. The van der Waals surface area contributed by atoms with E-state index in [2.05, 4.69) is 0 Å². The van der Waals surface area contributed by atoms with Crippen molar-refractivity contribution in [3.05, 3.63) is 29.6 Å². The Bertz CT molecular complexity index is 437. The van der Waals surface area contributed by atoms with Crippen LogP contribution in [0.4, 0.5) is 4.39 Å². The number of likely N-dealkylation sites (tertiary alicyclic amines) is 1. The Morgan fingerprint density at radius 3 is 3.00 bits per heavy atom. The molecule has 92 valence electrons. The molecule has 2 rings (SSSR count). The molecule has 1 aromatic carbocycles. The smallest absolute Gasteiger partial charge is 0.257 e. The molecule has 1 aromatic rings. The minimum atomic E-state index is -0.527. The largest absolute Gasteiger partial charge is 0.507 e. The lowest BCUT2D eigenvalue weighted by Crippen LogP contribution is -2.30. The molecule has 1 atom stereocenters. The van der Waals surface area contributed by atoms with Crippen molar-refractivity contribution in [1.82, 2.24) is 4.90 Å². The first-order chi connectivity index (χ1) is 8.11. The number of hydrogen-bond donors (Lipinski definition) is 2. The summed E-state index contributed by atoms with van der Waals surface area (Å²) in [6.07, 6.45) is 0.859. The highest BCUT2D eigenvalue weighted by Gasteiger charge is 2.27. The molecule has 1 unspecified atom stereocenters. The summed E-state index contributed by atoms with van der Waals surface area (Å²) in [5.41, 5.74) is 5.56. The van der Waals surface area contributed by atoms with Gasteiger partial charge in [0, 0.05) is 13.1 Å². The zero-order valence-corrected chi connectivity index (χ0v) is 9.40. The van der Waals surface area contributed by atoms with Gasteiger partial charge in [0.25, 0.3) is 5.91 Å². The fourth-order valence-electron chi connectivity index (χ4n) is 2.06. The highest BCUT2D eigenvalue weighted by atomic mass is 19.1. The maximum atomic E-state index is 13.0. The summed E-state index contributed by atoms with van der Waals surface area (Å²) in [5.74, 6) is -0.749. The number of phenols is 1. The van der Waals surface area contributed by atoms with E-state index in [0.717, 1.165) is 18.6 Å². The van der Waals surface area contributed by atoms with Crippen LogP contribution in [0, 0.1) is 11.7 Å². The molecule has 0 saturated carbocycles. The molecule has 4 nitrogen and oxygen atoms in total. The van der Waals surface area contributed by atoms with E-state index in [1.165, 1.54) is 6.07 Å². The molecule has 1 aliphatic heterocycles. The van der Waals surface area contributed by atoms with Crippen LogP contribution in [-0.2, 0) is 0 Å². The molecule has 0 radical (unpaired) electrons. The van der Waals surface area contributed by atoms with E-state index in [0.29, 0.717) is 25.6 Å². The highest BCUT2D eigenvalue weighted by Crippen LogP contribution is 2.23. The van der Waals surface area contributed by atoms with Crippen LogP contribution < -0.4 is 5.73 Å². The second kappa shape index (κ2) is 4.71. The van der Waals surface area contributed by atoms with Crippen molar-refractivity contribution in [2.75, 3.05) is 19.6 Å². The summed E-state index contributed by atoms with van der Waals surface area (Å²) in [6, 6.07) is 3.38. The van der Waals surface area contributed by atoms with Crippen molar-refractivity contribution >= 4 is 5.91 Å². The van der Waals surface area contributed by atoms with Gasteiger partial charge in [0.1, 0.15) is 11.6 Å². The Balaban J connectivity index is 2.17. The number of carbonyl (C=O) groups is 1. The molecule has 1 saturated heterocycles. The number of phenolic OH excluding ortho intramolecular Hbond substituents is 1. The van der Waals surface area contributed by atoms with Gasteiger partial charge in [-0.3, -0.25) is 4.79 Å². The summed E-state index contributed by atoms with van der Waals surface area (Å²) < 4.78 is 13.0. The molecule has 1 aliphatic rings. The van der Waals surface area contributed by atoms with Crippen molar-refractivity contribution < 1.29 is 14.3 Å². The number of nitrogens with zero attached hydrogens (tertiary/aromatic N) is 1. The molecule has 0 bridgehead atoms. The fourth-order valence-corrected chi connectivity index (χ4v) is 2.06. The van der Waals surface area contributed by atoms with Crippen LogP contribution in [0.25, 0.3) is 0 Å². The molecule has 5 heteroatoms. The van der Waals surface area contributed by atoms with Gasteiger partial charge in [-0.2, -0.15) is 0 Å². The van der Waals surface area contributed by atoms with Gasteiger partial charge in [-0.05, 0) is 37.1 Å². The normalized spacial score (nSPS) is 19.6. The Morgan fingerprint density at radius 1 is 1.59 bits per heavy atom. The van der Waals surface area contributed by atoms with E-state index in [1.54, 1.807) is 4.90 Å². The van der Waals surface area contributed by atoms with Crippen LogP contribution in [0.15, 0.2) is 18.2 Å². The maximum absolute atomic E-state index is 13.0. The van der Waals surface area contributed by atoms with Gasteiger partial charge in [0.15, 0.2) is 0 Å². The van der Waals surface area contributed by atoms with Crippen molar-refractivity contribution in [2.24, 2.45) is 11.7 Å². The molecule has 0 aliphatic carbocycles. The van der Waals surface area contributed by atoms with Gasteiger partial charge in [0.05, 0.1) is 5.56 Å². The topological polar surface area (TPSA) is 66.6 Å². The number of benzene rings is 1. The molecule has 0 aromatic heterocycles. The van der Waals surface area contributed by atoms with E-state index >= 15 is 0 Å². The molecule has 0 spiro atoms. The Kier molecular flexibility index (Phi) is 3.28. The third-order valence-corrected chi connectivity index (χ3v) is 3.10. The summed E-state index contributed by atoms with van der Waals surface area (Å²) in [7, 11) is 0. The maximum Gasteiger partial charge on any atom is 0.257 e. The molecule has 17 heavy (non-hydrogen) atoms. The van der Waals surface area contributed by atoms with Crippen molar-refractivity contribution in [3.8, 4) is 5.75 Å². The minimum Gasteiger partial charge on any atom is -0.507 e. The summed E-state index contributed by atoms with van der Waals surface area (Å²) in [5, 5.41) is 9.55. The van der Waals surface area contributed by atoms with E-state index in [-0.39, 0.29) is 17.2 Å². The van der Waals surface area contributed by atoms with Crippen LogP contribution in [0.3, 0.4) is 0 Å². The predicted octanol–water partition coefficient (Wildman–Crippen LogP) is 0.952.